The Kier molecular flexibility index (Phi) is 4.26. The molecule has 0 saturated carbocycles. The fourth-order valence-corrected chi connectivity index (χ4v) is 2.28. The predicted molar refractivity (Wildman–Crippen MR) is 83.2 cm³/mol. The topological polar surface area (TPSA) is 103 Å². The Labute approximate surface area is 133 Å². The standard InChI is InChI=1S/C15H20N4O4/c1-9-6-7-10(23-9)8-16-14(20)12-11(19(21)22)13(15(2,3)4)17-18(12)5/h6-7H,8H2,1-5H3,(H,16,20). The van der Waals surface area contributed by atoms with Crippen LogP contribution in [0.5, 0.6) is 0 Å². The van der Waals surface area contributed by atoms with E-state index < -0.39 is 16.2 Å². The molecule has 2 rings (SSSR count). The minimum absolute atomic E-state index is 0.0665. The highest BCUT2D eigenvalue weighted by Gasteiger charge is 2.36. The van der Waals surface area contributed by atoms with Crippen molar-refractivity contribution in [2.75, 3.05) is 0 Å². The second kappa shape index (κ2) is 5.86. The molecule has 0 aliphatic rings. The Bertz CT molecular complexity index is 752. The molecule has 0 fully saturated rings. The van der Waals surface area contributed by atoms with Crippen LogP contribution in [0.2, 0.25) is 0 Å². The Hall–Kier alpha value is -2.64. The van der Waals surface area contributed by atoms with Crippen LogP contribution in [0.15, 0.2) is 16.5 Å². The summed E-state index contributed by atoms with van der Waals surface area (Å²) in [7, 11) is 1.52. The molecule has 23 heavy (non-hydrogen) atoms. The van der Waals surface area contributed by atoms with Gasteiger partial charge >= 0.3 is 5.69 Å². The molecule has 8 heteroatoms. The number of aromatic nitrogens is 2. The molecule has 0 radical (unpaired) electrons. The van der Waals surface area contributed by atoms with Crippen LogP contribution in [-0.4, -0.2) is 20.6 Å². The quantitative estimate of drug-likeness (QED) is 0.688. The van der Waals surface area contributed by atoms with E-state index in [1.165, 1.54) is 11.7 Å². The fraction of sp³-hybridized carbons (Fsp3) is 0.467. The van der Waals surface area contributed by atoms with Gasteiger partial charge in [-0.15, -0.1) is 0 Å². The van der Waals surface area contributed by atoms with E-state index >= 15 is 0 Å². The number of furan rings is 1. The molecule has 0 bridgehead atoms. The third-order valence-corrected chi connectivity index (χ3v) is 3.35. The lowest BCUT2D eigenvalue weighted by Gasteiger charge is -2.13. The molecule has 1 amide bonds. The molecular formula is C15H20N4O4. The van der Waals surface area contributed by atoms with Crippen molar-refractivity contribution in [3.05, 3.63) is 45.2 Å². The number of nitrogens with one attached hydrogen (secondary N) is 1. The molecule has 1 N–H and O–H groups in total. The summed E-state index contributed by atoms with van der Waals surface area (Å²) >= 11 is 0. The van der Waals surface area contributed by atoms with Crippen molar-refractivity contribution in [3.63, 3.8) is 0 Å². The molecule has 0 atom stereocenters. The first kappa shape index (κ1) is 16.7. The summed E-state index contributed by atoms with van der Waals surface area (Å²) in [5, 5.41) is 18.2. The van der Waals surface area contributed by atoms with Crippen LogP contribution in [0.25, 0.3) is 0 Å². The van der Waals surface area contributed by atoms with Gasteiger partial charge in [0.25, 0.3) is 5.91 Å². The molecule has 8 nitrogen and oxygen atoms in total. The van der Waals surface area contributed by atoms with Gasteiger partial charge < -0.3 is 9.73 Å². The van der Waals surface area contributed by atoms with E-state index in [0.717, 1.165) is 5.76 Å². The van der Waals surface area contributed by atoms with E-state index in [1.807, 2.05) is 20.8 Å². The zero-order chi connectivity index (χ0) is 17.4. The second-order valence-corrected chi connectivity index (χ2v) is 6.37. The van der Waals surface area contributed by atoms with Crippen molar-refractivity contribution in [1.29, 1.82) is 0 Å². The molecule has 0 aliphatic heterocycles. The number of aryl methyl sites for hydroxylation is 2. The van der Waals surface area contributed by atoms with Crippen LogP contribution in [0.3, 0.4) is 0 Å². The zero-order valence-corrected chi connectivity index (χ0v) is 13.8. The molecule has 0 unspecified atom stereocenters. The SMILES string of the molecule is Cc1ccc(CNC(=O)c2c([N+](=O)[O-])c(C(C)(C)C)nn2C)o1. The predicted octanol–water partition coefficient (Wildman–Crippen LogP) is 2.46. The lowest BCUT2D eigenvalue weighted by Crippen LogP contribution is -2.25. The van der Waals surface area contributed by atoms with E-state index in [9.17, 15) is 14.9 Å². The normalized spacial score (nSPS) is 11.5. The lowest BCUT2D eigenvalue weighted by atomic mass is 9.91. The molecule has 124 valence electrons. The minimum atomic E-state index is -0.559. The van der Waals surface area contributed by atoms with Crippen molar-refractivity contribution >= 4 is 11.6 Å². The first-order valence-corrected chi connectivity index (χ1v) is 7.16. The van der Waals surface area contributed by atoms with E-state index in [4.69, 9.17) is 4.42 Å². The van der Waals surface area contributed by atoms with E-state index in [1.54, 1.807) is 19.1 Å². The van der Waals surface area contributed by atoms with Gasteiger partial charge in [0.05, 0.1) is 11.5 Å². The maximum absolute atomic E-state index is 12.4. The summed E-state index contributed by atoms with van der Waals surface area (Å²) in [6, 6.07) is 3.53. The summed E-state index contributed by atoms with van der Waals surface area (Å²) in [5.74, 6) is 0.753. The van der Waals surface area contributed by atoms with Gasteiger partial charge in [-0.3, -0.25) is 19.6 Å². The average molecular weight is 320 g/mol. The maximum Gasteiger partial charge on any atom is 0.323 e. The first-order valence-electron chi connectivity index (χ1n) is 7.16. The first-order chi connectivity index (χ1) is 10.6. The zero-order valence-electron chi connectivity index (χ0n) is 13.8. The minimum Gasteiger partial charge on any atom is -0.465 e. The molecule has 2 heterocycles. The van der Waals surface area contributed by atoms with E-state index in [2.05, 4.69) is 10.4 Å². The number of hydrogen-bond acceptors (Lipinski definition) is 5. The average Bonchev–Trinajstić information content (AvgIpc) is 2.99. The fourth-order valence-electron chi connectivity index (χ4n) is 2.28. The van der Waals surface area contributed by atoms with Gasteiger partial charge in [-0.2, -0.15) is 5.10 Å². The summed E-state index contributed by atoms with van der Waals surface area (Å²) in [5.41, 5.74) is -0.586. The molecule has 0 aromatic carbocycles. The smallest absolute Gasteiger partial charge is 0.323 e. The van der Waals surface area contributed by atoms with Crippen LogP contribution >= 0.6 is 0 Å². The number of carbonyl (C=O) groups excluding carboxylic acids is 1. The number of hydrogen-bond donors (Lipinski definition) is 1. The van der Waals surface area contributed by atoms with Gasteiger partial charge in [-0.1, -0.05) is 20.8 Å². The highest BCUT2D eigenvalue weighted by molar-refractivity contribution is 5.97. The van der Waals surface area contributed by atoms with Gasteiger partial charge in [0, 0.05) is 12.5 Å². The van der Waals surface area contributed by atoms with Crippen LogP contribution in [0.4, 0.5) is 5.69 Å². The summed E-state index contributed by atoms with van der Waals surface area (Å²) in [4.78, 5) is 23.3. The van der Waals surface area contributed by atoms with Crippen molar-refractivity contribution in [1.82, 2.24) is 15.1 Å². The van der Waals surface area contributed by atoms with Crippen LogP contribution < -0.4 is 5.32 Å². The Morgan fingerprint density at radius 2 is 2.09 bits per heavy atom. The van der Waals surface area contributed by atoms with Gasteiger partial charge in [-0.05, 0) is 19.1 Å². The number of nitrogens with zero attached hydrogens (tertiary/aromatic N) is 3. The summed E-state index contributed by atoms with van der Waals surface area (Å²) < 4.78 is 6.62. The highest BCUT2D eigenvalue weighted by atomic mass is 16.6. The molecule has 2 aromatic rings. The van der Waals surface area contributed by atoms with Gasteiger partial charge in [0.2, 0.25) is 5.69 Å². The molecular weight excluding hydrogens is 300 g/mol. The van der Waals surface area contributed by atoms with Crippen molar-refractivity contribution in [3.8, 4) is 0 Å². The van der Waals surface area contributed by atoms with Crippen molar-refractivity contribution in [2.45, 2.75) is 39.7 Å². The van der Waals surface area contributed by atoms with Gasteiger partial charge in [-0.25, -0.2) is 0 Å². The van der Waals surface area contributed by atoms with Gasteiger partial charge in [0.1, 0.15) is 17.2 Å². The van der Waals surface area contributed by atoms with E-state index in [-0.39, 0.29) is 23.6 Å². The van der Waals surface area contributed by atoms with Crippen molar-refractivity contribution < 1.29 is 14.1 Å². The second-order valence-electron chi connectivity index (χ2n) is 6.37. The molecule has 0 saturated heterocycles. The number of carbonyl (C=O) groups is 1. The van der Waals surface area contributed by atoms with Crippen molar-refractivity contribution in [2.24, 2.45) is 7.05 Å². The largest absolute Gasteiger partial charge is 0.465 e. The molecule has 0 spiro atoms. The summed E-state index contributed by atoms with van der Waals surface area (Å²) in [6.07, 6.45) is 0. The Morgan fingerprint density at radius 3 is 2.57 bits per heavy atom. The molecule has 0 aliphatic carbocycles. The third-order valence-electron chi connectivity index (χ3n) is 3.35. The lowest BCUT2D eigenvalue weighted by molar-refractivity contribution is -0.386. The Morgan fingerprint density at radius 1 is 1.43 bits per heavy atom. The van der Waals surface area contributed by atoms with Crippen LogP contribution in [0, 0.1) is 17.0 Å². The number of amides is 1. The van der Waals surface area contributed by atoms with Crippen LogP contribution in [0.1, 0.15) is 48.5 Å². The number of rotatable bonds is 4. The monoisotopic (exact) mass is 320 g/mol. The molecule has 2 aromatic heterocycles. The van der Waals surface area contributed by atoms with Crippen LogP contribution in [-0.2, 0) is 19.0 Å². The third kappa shape index (κ3) is 3.41. The maximum atomic E-state index is 12.4. The Balaban J connectivity index is 2.32. The van der Waals surface area contributed by atoms with Gasteiger partial charge in [0.15, 0.2) is 0 Å². The highest BCUT2D eigenvalue weighted by Crippen LogP contribution is 2.32. The summed E-state index contributed by atoms with van der Waals surface area (Å²) in [6.45, 7) is 7.40. The number of nitro groups is 1. The van der Waals surface area contributed by atoms with E-state index in [0.29, 0.717) is 5.76 Å².